The first-order valence-electron chi connectivity index (χ1n) is 4.80. The Balaban J connectivity index is 2.72. The normalized spacial score (nSPS) is 24.6. The fourth-order valence-corrected chi connectivity index (χ4v) is 2.75. The van der Waals surface area contributed by atoms with Gasteiger partial charge in [0.15, 0.2) is 0 Å². The van der Waals surface area contributed by atoms with E-state index in [0.29, 0.717) is 12.0 Å². The molecule has 5 heteroatoms. The van der Waals surface area contributed by atoms with Crippen molar-refractivity contribution in [3.63, 3.8) is 0 Å². The molecule has 2 atom stereocenters. The summed E-state index contributed by atoms with van der Waals surface area (Å²) >= 11 is 2.25. The lowest BCUT2D eigenvalue weighted by molar-refractivity contribution is -0.136. The van der Waals surface area contributed by atoms with Crippen LogP contribution >= 0.6 is 22.6 Å². The van der Waals surface area contributed by atoms with Crippen LogP contribution in [0.15, 0.2) is 11.8 Å². The zero-order valence-corrected chi connectivity index (χ0v) is 11.4. The van der Waals surface area contributed by atoms with Gasteiger partial charge >= 0.3 is 5.97 Å². The molecule has 88 valence electrons. The van der Waals surface area contributed by atoms with Gasteiger partial charge in [-0.3, -0.25) is 0 Å². The summed E-state index contributed by atoms with van der Waals surface area (Å²) in [5.74, 6) is 2.15. The molecule has 0 aliphatic carbocycles. The third-order valence-corrected chi connectivity index (χ3v) is 3.33. The molecule has 0 amide bonds. The monoisotopic (exact) mass is 335 g/mol. The van der Waals surface area contributed by atoms with Crippen LogP contribution in [0.3, 0.4) is 0 Å². The summed E-state index contributed by atoms with van der Waals surface area (Å²) in [6.07, 6.45) is 7.44. The number of halogens is 1. The van der Waals surface area contributed by atoms with Gasteiger partial charge in [0.05, 0.1) is 16.6 Å². The molecule has 1 aliphatic heterocycles. The van der Waals surface area contributed by atoms with E-state index in [9.17, 15) is 4.79 Å². The van der Waals surface area contributed by atoms with E-state index in [0.717, 1.165) is 0 Å². The SMILES string of the molecule is C#CCO[C@@H]1[C@@H](I)CC(C(=O)OC)=CN1C. The zero-order chi connectivity index (χ0) is 12.1. The molecule has 4 nitrogen and oxygen atoms in total. The van der Waals surface area contributed by atoms with Crippen LogP contribution in [-0.4, -0.2) is 41.8 Å². The van der Waals surface area contributed by atoms with E-state index >= 15 is 0 Å². The average molecular weight is 335 g/mol. The second-order valence-corrected chi connectivity index (χ2v) is 5.04. The minimum absolute atomic E-state index is 0.0925. The Bertz CT molecular complexity index is 335. The highest BCUT2D eigenvalue weighted by Gasteiger charge is 2.30. The standard InChI is InChI=1S/C11H14INO3/c1-4-5-16-10-9(12)6-8(7-13(10)2)11(14)15-3/h1,7,9-10H,5-6H2,2-3H3/t9-,10+/m0/s1. The molecular formula is C11H14INO3. The molecule has 1 heterocycles. The summed E-state index contributed by atoms with van der Waals surface area (Å²) in [4.78, 5) is 13.2. The van der Waals surface area contributed by atoms with Crippen molar-refractivity contribution in [2.75, 3.05) is 20.8 Å². The van der Waals surface area contributed by atoms with Crippen molar-refractivity contribution in [3.05, 3.63) is 11.8 Å². The van der Waals surface area contributed by atoms with Crippen molar-refractivity contribution in [3.8, 4) is 12.3 Å². The Hall–Kier alpha value is -0.740. The Kier molecular flexibility index (Phi) is 5.09. The van der Waals surface area contributed by atoms with Crippen LogP contribution in [0, 0.1) is 12.3 Å². The molecule has 0 bridgehead atoms. The van der Waals surface area contributed by atoms with E-state index in [1.165, 1.54) is 7.11 Å². The van der Waals surface area contributed by atoms with Crippen LogP contribution < -0.4 is 0 Å². The van der Waals surface area contributed by atoms with Gasteiger partial charge in [-0.1, -0.05) is 28.5 Å². The number of rotatable bonds is 3. The zero-order valence-electron chi connectivity index (χ0n) is 9.27. The number of esters is 1. The van der Waals surface area contributed by atoms with Crippen molar-refractivity contribution in [2.45, 2.75) is 16.6 Å². The number of nitrogens with zero attached hydrogens (tertiary/aromatic N) is 1. The van der Waals surface area contributed by atoms with Gasteiger partial charge in [0.1, 0.15) is 12.8 Å². The highest BCUT2D eigenvalue weighted by Crippen LogP contribution is 2.27. The van der Waals surface area contributed by atoms with E-state index in [2.05, 4.69) is 28.5 Å². The summed E-state index contributed by atoms with van der Waals surface area (Å²) in [5.41, 5.74) is 0.657. The van der Waals surface area contributed by atoms with E-state index in [1.54, 1.807) is 6.20 Å². The number of hydrogen-bond donors (Lipinski definition) is 0. The van der Waals surface area contributed by atoms with Gasteiger partial charge in [0.25, 0.3) is 0 Å². The topological polar surface area (TPSA) is 38.8 Å². The fraction of sp³-hybridized carbons (Fsp3) is 0.545. The largest absolute Gasteiger partial charge is 0.466 e. The molecule has 0 radical (unpaired) electrons. The van der Waals surface area contributed by atoms with Gasteiger partial charge in [-0.2, -0.15) is 0 Å². The first-order chi connectivity index (χ1) is 7.60. The Morgan fingerprint density at radius 2 is 2.50 bits per heavy atom. The lowest BCUT2D eigenvalue weighted by Crippen LogP contribution is -2.42. The van der Waals surface area contributed by atoms with Crippen molar-refractivity contribution in [2.24, 2.45) is 0 Å². The summed E-state index contributed by atoms with van der Waals surface area (Å²) in [6, 6.07) is 0. The van der Waals surface area contributed by atoms with E-state index < -0.39 is 0 Å². The van der Waals surface area contributed by atoms with E-state index in [4.69, 9.17) is 15.9 Å². The lowest BCUT2D eigenvalue weighted by atomic mass is 10.1. The number of carbonyl (C=O) groups excluding carboxylic acids is 1. The lowest BCUT2D eigenvalue weighted by Gasteiger charge is -2.34. The van der Waals surface area contributed by atoms with Crippen LogP contribution in [0.25, 0.3) is 0 Å². The number of hydrogen-bond acceptors (Lipinski definition) is 4. The third kappa shape index (κ3) is 3.12. The third-order valence-electron chi connectivity index (χ3n) is 2.27. The molecule has 0 aromatic heterocycles. The highest BCUT2D eigenvalue weighted by molar-refractivity contribution is 14.1. The summed E-state index contributed by atoms with van der Waals surface area (Å²) < 4.78 is 10.4. The molecular weight excluding hydrogens is 321 g/mol. The van der Waals surface area contributed by atoms with E-state index in [1.807, 2.05) is 11.9 Å². The van der Waals surface area contributed by atoms with Gasteiger partial charge in [-0.05, 0) is 6.42 Å². The average Bonchev–Trinajstić information content (AvgIpc) is 2.26. The van der Waals surface area contributed by atoms with Gasteiger partial charge in [-0.15, -0.1) is 6.42 Å². The molecule has 0 unspecified atom stereocenters. The van der Waals surface area contributed by atoms with Crippen molar-refractivity contribution in [1.82, 2.24) is 4.90 Å². The smallest absolute Gasteiger partial charge is 0.335 e. The Labute approximate surface area is 109 Å². The summed E-state index contributed by atoms with van der Waals surface area (Å²) in [7, 11) is 3.24. The molecule has 1 rings (SSSR count). The molecule has 0 N–H and O–H groups in total. The van der Waals surface area contributed by atoms with Crippen molar-refractivity contribution in [1.29, 1.82) is 0 Å². The number of terminal acetylenes is 1. The molecule has 0 fully saturated rings. The first-order valence-corrected chi connectivity index (χ1v) is 6.04. The number of alkyl halides is 1. The number of ether oxygens (including phenoxy) is 2. The molecule has 0 aromatic carbocycles. The predicted octanol–water partition coefficient (Wildman–Crippen LogP) is 1.16. The van der Waals surface area contributed by atoms with Crippen molar-refractivity contribution < 1.29 is 14.3 Å². The number of methoxy groups -OCH3 is 1. The molecule has 0 spiro atoms. The quantitative estimate of drug-likeness (QED) is 0.336. The summed E-state index contributed by atoms with van der Waals surface area (Å²) in [5, 5.41) is 0. The van der Waals surface area contributed by atoms with Gasteiger partial charge in [-0.25, -0.2) is 4.79 Å². The first kappa shape index (κ1) is 13.3. The van der Waals surface area contributed by atoms with Crippen LogP contribution in [0.2, 0.25) is 0 Å². The molecule has 0 saturated heterocycles. The van der Waals surface area contributed by atoms with Crippen LogP contribution in [0.5, 0.6) is 0 Å². The molecule has 0 aromatic rings. The molecule has 1 aliphatic rings. The Morgan fingerprint density at radius 3 is 3.00 bits per heavy atom. The van der Waals surface area contributed by atoms with Crippen LogP contribution in [0.4, 0.5) is 0 Å². The predicted molar refractivity (Wildman–Crippen MR) is 68.9 cm³/mol. The highest BCUT2D eigenvalue weighted by atomic mass is 127. The maximum Gasteiger partial charge on any atom is 0.335 e. The number of carbonyl (C=O) groups is 1. The minimum Gasteiger partial charge on any atom is -0.466 e. The van der Waals surface area contributed by atoms with E-state index in [-0.39, 0.29) is 22.7 Å². The van der Waals surface area contributed by atoms with Gasteiger partial charge in [0.2, 0.25) is 0 Å². The second-order valence-electron chi connectivity index (χ2n) is 3.44. The van der Waals surface area contributed by atoms with Gasteiger partial charge < -0.3 is 14.4 Å². The van der Waals surface area contributed by atoms with Crippen molar-refractivity contribution >= 4 is 28.6 Å². The van der Waals surface area contributed by atoms with Crippen LogP contribution in [-0.2, 0) is 14.3 Å². The minimum atomic E-state index is -0.288. The molecule has 0 saturated carbocycles. The summed E-state index contributed by atoms with van der Waals surface area (Å²) in [6.45, 7) is 0.274. The maximum atomic E-state index is 11.4. The second kappa shape index (κ2) is 6.11. The molecule has 16 heavy (non-hydrogen) atoms. The fourth-order valence-electron chi connectivity index (χ4n) is 1.56. The van der Waals surface area contributed by atoms with Gasteiger partial charge in [0, 0.05) is 13.2 Å². The Morgan fingerprint density at radius 1 is 1.81 bits per heavy atom. The van der Waals surface area contributed by atoms with Crippen LogP contribution in [0.1, 0.15) is 6.42 Å². The maximum absolute atomic E-state index is 11.4.